The lowest BCUT2D eigenvalue weighted by atomic mass is 10.1. The minimum Gasteiger partial charge on any atom is -0.0871 e. The molecule has 0 heterocycles. The standard InChI is InChI=1S/C29H28P/c1-3-13-26-22-25(21-20-24(26)2)23-30(27-14-7-4-8-15-27,28-16-9-5-10-17-28)29-18-11-6-12-19-29/h3-22H,23H2,1-2H3/q+1/b13-3-. The van der Waals surface area contributed by atoms with E-state index in [4.69, 9.17) is 0 Å². The Kier molecular flexibility index (Phi) is 6.26. The minimum atomic E-state index is -1.85. The first-order chi connectivity index (χ1) is 14.7. The lowest BCUT2D eigenvalue weighted by molar-refractivity contribution is 1.33. The average molecular weight is 408 g/mol. The molecule has 0 aliphatic rings. The van der Waals surface area contributed by atoms with Crippen LogP contribution < -0.4 is 15.9 Å². The molecule has 1 heteroatoms. The highest BCUT2D eigenvalue weighted by Gasteiger charge is 2.45. The zero-order chi connectivity index (χ0) is 20.8. The van der Waals surface area contributed by atoms with Crippen molar-refractivity contribution in [2.45, 2.75) is 20.0 Å². The second kappa shape index (κ2) is 9.24. The second-order valence-corrected chi connectivity index (χ2v) is 11.2. The number of benzene rings is 4. The van der Waals surface area contributed by atoms with Gasteiger partial charge in [-0.2, -0.15) is 0 Å². The Morgan fingerprint density at radius 1 is 0.633 bits per heavy atom. The fraction of sp³-hybridized carbons (Fsp3) is 0.103. The van der Waals surface area contributed by atoms with Gasteiger partial charge in [-0.25, -0.2) is 0 Å². The molecule has 148 valence electrons. The first kappa shape index (κ1) is 20.3. The van der Waals surface area contributed by atoms with Crippen molar-refractivity contribution < 1.29 is 0 Å². The molecule has 0 saturated carbocycles. The van der Waals surface area contributed by atoms with Crippen molar-refractivity contribution >= 4 is 29.3 Å². The molecule has 0 radical (unpaired) electrons. The van der Waals surface area contributed by atoms with Crippen LogP contribution in [0, 0.1) is 6.92 Å². The molecule has 0 N–H and O–H groups in total. The van der Waals surface area contributed by atoms with E-state index in [1.54, 1.807) is 0 Å². The molecule has 0 bridgehead atoms. The Bertz CT molecular complexity index is 1020. The summed E-state index contributed by atoms with van der Waals surface area (Å²) in [5, 5.41) is 4.28. The highest BCUT2D eigenvalue weighted by molar-refractivity contribution is 7.95. The van der Waals surface area contributed by atoms with Crippen molar-refractivity contribution in [1.29, 1.82) is 0 Å². The third-order valence-electron chi connectivity index (χ3n) is 5.70. The predicted octanol–water partition coefficient (Wildman–Crippen LogP) is 6.52. The number of allylic oxidation sites excluding steroid dienone is 1. The summed E-state index contributed by atoms with van der Waals surface area (Å²) in [6.07, 6.45) is 5.35. The van der Waals surface area contributed by atoms with Crippen LogP contribution in [0.1, 0.15) is 23.6 Å². The van der Waals surface area contributed by atoms with Crippen LogP contribution in [-0.2, 0) is 6.16 Å². The summed E-state index contributed by atoms with van der Waals surface area (Å²) in [6.45, 7) is 4.27. The van der Waals surface area contributed by atoms with E-state index in [-0.39, 0.29) is 0 Å². The topological polar surface area (TPSA) is 0 Å². The fourth-order valence-electron chi connectivity index (χ4n) is 4.19. The Hall–Kier alpha value is -2.95. The molecule has 0 spiro atoms. The Morgan fingerprint density at radius 2 is 1.10 bits per heavy atom. The molecule has 4 rings (SSSR count). The molecule has 0 unspecified atom stereocenters. The van der Waals surface area contributed by atoms with Crippen LogP contribution in [0.3, 0.4) is 0 Å². The molecule has 0 nitrogen and oxygen atoms in total. The molecule has 0 aromatic heterocycles. The van der Waals surface area contributed by atoms with Crippen molar-refractivity contribution in [3.63, 3.8) is 0 Å². The van der Waals surface area contributed by atoms with Crippen molar-refractivity contribution in [2.75, 3.05) is 0 Å². The average Bonchev–Trinajstić information content (AvgIpc) is 2.81. The monoisotopic (exact) mass is 407 g/mol. The van der Waals surface area contributed by atoms with E-state index in [1.165, 1.54) is 32.6 Å². The van der Waals surface area contributed by atoms with E-state index in [0.29, 0.717) is 0 Å². The molecule has 4 aromatic carbocycles. The van der Waals surface area contributed by atoms with Crippen LogP contribution >= 0.6 is 7.26 Å². The molecule has 0 atom stereocenters. The van der Waals surface area contributed by atoms with Gasteiger partial charge in [-0.1, -0.05) is 78.9 Å². The van der Waals surface area contributed by atoms with Gasteiger partial charge in [0.25, 0.3) is 0 Å². The smallest absolute Gasteiger partial charge is 0.0871 e. The molecule has 4 aromatic rings. The number of rotatable bonds is 6. The van der Waals surface area contributed by atoms with E-state index < -0.39 is 7.26 Å². The van der Waals surface area contributed by atoms with Crippen LogP contribution in [0.2, 0.25) is 0 Å². The number of aryl methyl sites for hydroxylation is 1. The van der Waals surface area contributed by atoms with Gasteiger partial charge in [0, 0.05) is 0 Å². The minimum absolute atomic E-state index is 1.01. The normalized spacial score (nSPS) is 11.7. The van der Waals surface area contributed by atoms with Crippen molar-refractivity contribution in [3.05, 3.63) is 132 Å². The number of hydrogen-bond donors (Lipinski definition) is 0. The second-order valence-electron chi connectivity index (χ2n) is 7.67. The van der Waals surface area contributed by atoms with E-state index in [2.05, 4.69) is 135 Å². The van der Waals surface area contributed by atoms with Gasteiger partial charge in [-0.15, -0.1) is 0 Å². The van der Waals surface area contributed by atoms with Crippen molar-refractivity contribution in [3.8, 4) is 0 Å². The molecule has 30 heavy (non-hydrogen) atoms. The molecule has 0 amide bonds. The van der Waals surface area contributed by atoms with Crippen LogP contribution in [0.4, 0.5) is 0 Å². The SMILES string of the molecule is C/C=C\c1cc(C[P+](c2ccccc2)(c2ccccc2)c2ccccc2)ccc1C. The highest BCUT2D eigenvalue weighted by atomic mass is 31.2. The van der Waals surface area contributed by atoms with Crippen LogP contribution in [-0.4, -0.2) is 0 Å². The van der Waals surface area contributed by atoms with Crippen molar-refractivity contribution in [1.82, 2.24) is 0 Å². The van der Waals surface area contributed by atoms with Crippen molar-refractivity contribution in [2.24, 2.45) is 0 Å². The van der Waals surface area contributed by atoms with Gasteiger partial charge in [0.1, 0.15) is 23.2 Å². The molecule has 0 aliphatic heterocycles. The fourth-order valence-corrected chi connectivity index (χ4v) is 8.42. The van der Waals surface area contributed by atoms with Crippen LogP contribution in [0.25, 0.3) is 6.08 Å². The van der Waals surface area contributed by atoms with Crippen LogP contribution in [0.15, 0.2) is 115 Å². The summed E-state index contributed by atoms with van der Waals surface area (Å²) in [5.74, 6) is 0. The molecular formula is C29H28P+. The quantitative estimate of drug-likeness (QED) is 0.319. The van der Waals surface area contributed by atoms with Gasteiger partial charge in [0.15, 0.2) is 0 Å². The summed E-state index contributed by atoms with van der Waals surface area (Å²) in [6, 6.07) is 40.2. The zero-order valence-corrected chi connectivity index (χ0v) is 18.6. The largest absolute Gasteiger partial charge is 0.116 e. The van der Waals surface area contributed by atoms with E-state index in [9.17, 15) is 0 Å². The summed E-state index contributed by atoms with van der Waals surface area (Å²) in [5.41, 5.74) is 4.01. The Labute approximate surface area is 181 Å². The third-order valence-corrected chi connectivity index (χ3v) is 10.1. The first-order valence-electron chi connectivity index (χ1n) is 10.5. The maximum Gasteiger partial charge on any atom is 0.116 e. The van der Waals surface area contributed by atoms with Gasteiger partial charge < -0.3 is 0 Å². The van der Waals surface area contributed by atoms with Gasteiger partial charge in [0.05, 0.1) is 6.16 Å². The van der Waals surface area contributed by atoms with E-state index in [0.717, 1.165) is 6.16 Å². The van der Waals surface area contributed by atoms with Crippen LogP contribution in [0.5, 0.6) is 0 Å². The summed E-state index contributed by atoms with van der Waals surface area (Å²) < 4.78 is 0. The van der Waals surface area contributed by atoms with Gasteiger partial charge in [0.2, 0.25) is 0 Å². The molecular weight excluding hydrogens is 379 g/mol. The molecule has 0 aliphatic carbocycles. The summed E-state index contributed by atoms with van der Waals surface area (Å²) in [4.78, 5) is 0. The lowest BCUT2D eigenvalue weighted by Gasteiger charge is -2.28. The van der Waals surface area contributed by atoms with Gasteiger partial charge in [-0.05, 0) is 73.0 Å². The molecule has 0 fully saturated rings. The maximum absolute atomic E-state index is 2.37. The Balaban J connectivity index is 1.97. The summed E-state index contributed by atoms with van der Waals surface area (Å²) >= 11 is 0. The highest BCUT2D eigenvalue weighted by Crippen LogP contribution is 2.58. The van der Waals surface area contributed by atoms with Gasteiger partial charge in [-0.3, -0.25) is 0 Å². The number of hydrogen-bond acceptors (Lipinski definition) is 0. The zero-order valence-electron chi connectivity index (χ0n) is 17.7. The summed E-state index contributed by atoms with van der Waals surface area (Å²) in [7, 11) is -1.85. The lowest BCUT2D eigenvalue weighted by Crippen LogP contribution is -2.32. The maximum atomic E-state index is 2.37. The van der Waals surface area contributed by atoms with Gasteiger partial charge >= 0.3 is 0 Å². The van der Waals surface area contributed by atoms with E-state index in [1.807, 2.05) is 0 Å². The molecule has 0 saturated heterocycles. The predicted molar refractivity (Wildman–Crippen MR) is 135 cm³/mol. The van der Waals surface area contributed by atoms with E-state index >= 15 is 0 Å². The Morgan fingerprint density at radius 3 is 1.53 bits per heavy atom. The third kappa shape index (κ3) is 4.02. The first-order valence-corrected chi connectivity index (χ1v) is 12.5.